The standard InChI is InChI=1S/C25H29FN4O2/c1-16-4-5-19(13-22(16)26)21-12-20(14-27)25(28-24(21)18-6-7-18)29-9-10-30(17(2)15-29)23(31)8-11-32-3/h4-5,12-13,17-18H,6-11,15H2,1-3H3/t17-/m1/s1. The predicted molar refractivity (Wildman–Crippen MR) is 121 cm³/mol. The molecule has 1 saturated carbocycles. The zero-order valence-corrected chi connectivity index (χ0v) is 18.9. The Morgan fingerprint density at radius 1 is 1.31 bits per heavy atom. The number of aryl methyl sites for hydroxylation is 1. The van der Waals surface area contributed by atoms with Gasteiger partial charge in [-0.2, -0.15) is 5.26 Å². The number of piperazine rings is 1. The molecule has 2 fully saturated rings. The highest BCUT2D eigenvalue weighted by Crippen LogP contribution is 2.45. The van der Waals surface area contributed by atoms with Crippen LogP contribution >= 0.6 is 0 Å². The molecule has 0 bridgehead atoms. The van der Waals surface area contributed by atoms with Crippen LogP contribution in [-0.4, -0.2) is 55.2 Å². The molecule has 2 heterocycles. The third-order valence-corrected chi connectivity index (χ3v) is 6.37. The highest BCUT2D eigenvalue weighted by atomic mass is 19.1. The van der Waals surface area contributed by atoms with E-state index >= 15 is 0 Å². The fraction of sp³-hybridized carbons (Fsp3) is 0.480. The number of nitriles is 1. The van der Waals surface area contributed by atoms with Crippen molar-refractivity contribution >= 4 is 11.7 Å². The predicted octanol–water partition coefficient (Wildman–Crippen LogP) is 4.02. The van der Waals surface area contributed by atoms with Gasteiger partial charge in [-0.15, -0.1) is 0 Å². The van der Waals surface area contributed by atoms with Crippen LogP contribution in [0.5, 0.6) is 0 Å². The van der Waals surface area contributed by atoms with E-state index in [4.69, 9.17) is 9.72 Å². The van der Waals surface area contributed by atoms with E-state index in [2.05, 4.69) is 11.0 Å². The average molecular weight is 437 g/mol. The number of rotatable bonds is 6. The van der Waals surface area contributed by atoms with Crippen LogP contribution in [0.1, 0.15) is 48.9 Å². The number of ether oxygens (including phenoxy) is 1. The first-order chi connectivity index (χ1) is 15.4. The van der Waals surface area contributed by atoms with Gasteiger partial charge in [0.15, 0.2) is 0 Å². The molecule has 0 spiro atoms. The highest BCUT2D eigenvalue weighted by molar-refractivity contribution is 5.77. The van der Waals surface area contributed by atoms with E-state index in [-0.39, 0.29) is 17.8 Å². The molecule has 7 heteroatoms. The summed E-state index contributed by atoms with van der Waals surface area (Å²) in [5.74, 6) is 0.842. The Morgan fingerprint density at radius 2 is 2.09 bits per heavy atom. The van der Waals surface area contributed by atoms with Gasteiger partial charge in [0, 0.05) is 44.3 Å². The van der Waals surface area contributed by atoms with Gasteiger partial charge in [0.25, 0.3) is 0 Å². The molecular formula is C25H29FN4O2. The number of carbonyl (C=O) groups is 1. The van der Waals surface area contributed by atoms with Crippen LogP contribution in [-0.2, 0) is 9.53 Å². The molecule has 1 aliphatic heterocycles. The van der Waals surface area contributed by atoms with E-state index in [0.29, 0.717) is 55.5 Å². The van der Waals surface area contributed by atoms with E-state index in [1.54, 1.807) is 20.1 Å². The number of anilines is 1. The molecule has 32 heavy (non-hydrogen) atoms. The summed E-state index contributed by atoms with van der Waals surface area (Å²) in [7, 11) is 1.59. The van der Waals surface area contributed by atoms with E-state index in [1.807, 2.05) is 24.0 Å². The number of pyridine rings is 1. The van der Waals surface area contributed by atoms with Crippen molar-refractivity contribution in [2.75, 3.05) is 38.3 Å². The second-order valence-electron chi connectivity index (χ2n) is 8.77. The minimum atomic E-state index is -0.255. The Kier molecular flexibility index (Phi) is 6.43. The van der Waals surface area contributed by atoms with Crippen molar-refractivity contribution in [2.24, 2.45) is 0 Å². The third-order valence-electron chi connectivity index (χ3n) is 6.37. The molecule has 1 aromatic carbocycles. The lowest BCUT2D eigenvalue weighted by Crippen LogP contribution is -2.54. The largest absolute Gasteiger partial charge is 0.384 e. The van der Waals surface area contributed by atoms with Gasteiger partial charge in [-0.1, -0.05) is 12.1 Å². The average Bonchev–Trinajstić information content (AvgIpc) is 3.63. The normalized spacial score (nSPS) is 18.5. The number of carbonyl (C=O) groups excluding carboxylic acids is 1. The number of hydrogen-bond acceptors (Lipinski definition) is 5. The number of hydrogen-bond donors (Lipinski definition) is 0. The smallest absolute Gasteiger partial charge is 0.225 e. The first-order valence-corrected chi connectivity index (χ1v) is 11.2. The zero-order valence-electron chi connectivity index (χ0n) is 18.9. The zero-order chi connectivity index (χ0) is 22.8. The number of amides is 1. The molecule has 6 nitrogen and oxygen atoms in total. The molecule has 0 radical (unpaired) electrons. The van der Waals surface area contributed by atoms with E-state index < -0.39 is 0 Å². The molecule has 1 saturated heterocycles. The molecule has 2 aliphatic rings. The van der Waals surface area contributed by atoms with Gasteiger partial charge in [-0.05, 0) is 49.9 Å². The topological polar surface area (TPSA) is 69.5 Å². The molecule has 1 amide bonds. The quantitative estimate of drug-likeness (QED) is 0.684. The van der Waals surface area contributed by atoms with Crippen molar-refractivity contribution in [2.45, 2.75) is 45.1 Å². The first kappa shape index (κ1) is 22.2. The lowest BCUT2D eigenvalue weighted by molar-refractivity contribution is -0.134. The molecular weight excluding hydrogens is 407 g/mol. The number of benzene rings is 1. The second-order valence-corrected chi connectivity index (χ2v) is 8.77. The number of halogens is 1. The Balaban J connectivity index is 1.64. The van der Waals surface area contributed by atoms with Crippen molar-refractivity contribution in [3.05, 3.63) is 46.9 Å². The molecule has 1 aliphatic carbocycles. The molecule has 1 aromatic heterocycles. The van der Waals surface area contributed by atoms with E-state index in [1.165, 1.54) is 6.07 Å². The minimum Gasteiger partial charge on any atom is -0.384 e. The van der Waals surface area contributed by atoms with Gasteiger partial charge in [-0.25, -0.2) is 9.37 Å². The fourth-order valence-electron chi connectivity index (χ4n) is 4.35. The fourth-order valence-corrected chi connectivity index (χ4v) is 4.35. The Bertz CT molecular complexity index is 1060. The summed E-state index contributed by atoms with van der Waals surface area (Å²) in [6, 6.07) is 9.37. The molecule has 168 valence electrons. The van der Waals surface area contributed by atoms with E-state index in [9.17, 15) is 14.4 Å². The third kappa shape index (κ3) is 4.46. The van der Waals surface area contributed by atoms with Crippen LogP contribution in [0.4, 0.5) is 10.2 Å². The van der Waals surface area contributed by atoms with Crippen molar-refractivity contribution in [1.82, 2.24) is 9.88 Å². The molecule has 1 atom stereocenters. The summed E-state index contributed by atoms with van der Waals surface area (Å²) < 4.78 is 19.3. The van der Waals surface area contributed by atoms with Crippen LogP contribution in [0.3, 0.4) is 0 Å². The van der Waals surface area contributed by atoms with Crippen molar-refractivity contribution in [3.63, 3.8) is 0 Å². The molecule has 4 rings (SSSR count). The summed E-state index contributed by atoms with van der Waals surface area (Å²) >= 11 is 0. The van der Waals surface area contributed by atoms with E-state index in [0.717, 1.165) is 29.7 Å². The van der Waals surface area contributed by atoms with Gasteiger partial charge in [-0.3, -0.25) is 4.79 Å². The Hall–Kier alpha value is -2.98. The Labute approximate surface area is 188 Å². The molecule has 2 aromatic rings. The van der Waals surface area contributed by atoms with Gasteiger partial charge < -0.3 is 14.5 Å². The van der Waals surface area contributed by atoms with Crippen LogP contribution in [0, 0.1) is 24.1 Å². The number of methoxy groups -OCH3 is 1. The maximum absolute atomic E-state index is 14.3. The maximum atomic E-state index is 14.3. The summed E-state index contributed by atoms with van der Waals surface area (Å²) in [5, 5.41) is 9.90. The lowest BCUT2D eigenvalue weighted by atomic mass is 9.98. The molecule has 0 unspecified atom stereocenters. The summed E-state index contributed by atoms with van der Waals surface area (Å²) in [6.07, 6.45) is 2.48. The van der Waals surface area contributed by atoms with Gasteiger partial charge in [0.1, 0.15) is 17.7 Å². The summed E-state index contributed by atoms with van der Waals surface area (Å²) in [4.78, 5) is 21.4. The maximum Gasteiger partial charge on any atom is 0.225 e. The SMILES string of the molecule is COCCC(=O)N1CCN(c2nc(C3CC3)c(-c3ccc(C)c(F)c3)cc2C#N)C[C@H]1C. The summed E-state index contributed by atoms with van der Waals surface area (Å²) in [6.45, 7) is 5.99. The highest BCUT2D eigenvalue weighted by Gasteiger charge is 2.33. The number of nitrogens with zero attached hydrogens (tertiary/aromatic N) is 4. The van der Waals surface area contributed by atoms with Crippen molar-refractivity contribution in [3.8, 4) is 17.2 Å². The van der Waals surface area contributed by atoms with Crippen LogP contribution in [0.15, 0.2) is 24.3 Å². The first-order valence-electron chi connectivity index (χ1n) is 11.2. The molecule has 0 N–H and O–H groups in total. The Morgan fingerprint density at radius 3 is 2.72 bits per heavy atom. The van der Waals surface area contributed by atoms with Gasteiger partial charge >= 0.3 is 0 Å². The second kappa shape index (κ2) is 9.25. The van der Waals surface area contributed by atoms with Crippen molar-refractivity contribution in [1.29, 1.82) is 5.26 Å². The van der Waals surface area contributed by atoms with Crippen LogP contribution in [0.2, 0.25) is 0 Å². The van der Waals surface area contributed by atoms with Crippen LogP contribution < -0.4 is 4.90 Å². The van der Waals surface area contributed by atoms with Crippen molar-refractivity contribution < 1.29 is 13.9 Å². The number of aromatic nitrogens is 1. The minimum absolute atomic E-state index is 0.0108. The summed E-state index contributed by atoms with van der Waals surface area (Å²) in [5.41, 5.74) is 3.62. The van der Waals surface area contributed by atoms with Gasteiger partial charge in [0.2, 0.25) is 5.91 Å². The van der Waals surface area contributed by atoms with Gasteiger partial charge in [0.05, 0.1) is 24.3 Å². The lowest BCUT2D eigenvalue weighted by Gasteiger charge is -2.41. The monoisotopic (exact) mass is 436 g/mol. The van der Waals surface area contributed by atoms with Crippen LogP contribution in [0.25, 0.3) is 11.1 Å².